The summed E-state index contributed by atoms with van der Waals surface area (Å²) in [4.78, 5) is 42.7. The number of carboxylic acid groups (broad SMARTS) is 2. The lowest BCUT2D eigenvalue weighted by Gasteiger charge is -2.16. The summed E-state index contributed by atoms with van der Waals surface area (Å²) in [6.07, 6.45) is -0.760. The van der Waals surface area contributed by atoms with Crippen molar-refractivity contribution < 1.29 is 29.4 Å². The second kappa shape index (κ2) is 6.30. The highest BCUT2D eigenvalue weighted by atomic mass is 16.4. The van der Waals surface area contributed by atoms with Gasteiger partial charge in [0.05, 0.1) is 6.42 Å². The molecule has 3 amide bonds. The highest BCUT2D eigenvalue weighted by Gasteiger charge is 2.25. The predicted molar refractivity (Wildman–Crippen MR) is 54.0 cm³/mol. The molecule has 0 rings (SSSR count). The number of amides is 3. The minimum Gasteiger partial charge on any atom is -0.481 e. The number of carbonyl (C=O) groups excluding carboxylic acids is 2. The summed E-state index contributed by atoms with van der Waals surface area (Å²) in [5, 5.41) is 21.1. The lowest BCUT2D eigenvalue weighted by atomic mass is 10.2. The van der Waals surface area contributed by atoms with E-state index in [2.05, 4.69) is 0 Å². The zero-order valence-corrected chi connectivity index (χ0v) is 8.97. The summed E-state index contributed by atoms with van der Waals surface area (Å²) >= 11 is 0. The van der Waals surface area contributed by atoms with Crippen molar-refractivity contribution in [2.75, 3.05) is 0 Å². The molecule has 96 valence electrons. The van der Waals surface area contributed by atoms with E-state index in [1.807, 2.05) is 10.6 Å². The van der Waals surface area contributed by atoms with Gasteiger partial charge in [-0.25, -0.2) is 9.59 Å². The molecule has 0 radical (unpaired) electrons. The summed E-state index contributed by atoms with van der Waals surface area (Å²) in [6, 6.07) is -3.56. The van der Waals surface area contributed by atoms with Crippen molar-refractivity contribution >= 4 is 23.9 Å². The van der Waals surface area contributed by atoms with Gasteiger partial charge in [-0.3, -0.25) is 9.59 Å². The van der Waals surface area contributed by atoms with Gasteiger partial charge in [-0.05, 0) is 6.92 Å². The molecular formula is C8H13N3O6. The lowest BCUT2D eigenvalue weighted by molar-refractivity contribution is -0.147. The molecule has 0 aliphatic carbocycles. The third-order valence-corrected chi connectivity index (χ3v) is 1.75. The molecule has 2 atom stereocenters. The first-order valence-corrected chi connectivity index (χ1v) is 4.55. The summed E-state index contributed by atoms with van der Waals surface area (Å²) in [6.45, 7) is 1.28. The van der Waals surface area contributed by atoms with Crippen LogP contribution in [0.3, 0.4) is 0 Å². The molecule has 0 bridgehead atoms. The Morgan fingerprint density at radius 3 is 2.06 bits per heavy atom. The molecule has 0 aromatic heterocycles. The molecule has 0 spiro atoms. The molecule has 0 heterocycles. The van der Waals surface area contributed by atoms with Gasteiger partial charge < -0.3 is 26.6 Å². The van der Waals surface area contributed by atoms with E-state index in [1.165, 1.54) is 6.92 Å². The Morgan fingerprint density at radius 2 is 1.71 bits per heavy atom. The van der Waals surface area contributed by atoms with Crippen LogP contribution in [0.15, 0.2) is 0 Å². The molecule has 0 saturated heterocycles. The quantitative estimate of drug-likeness (QED) is 0.368. The molecule has 9 nitrogen and oxygen atoms in total. The molecule has 1 unspecified atom stereocenters. The maximum atomic E-state index is 11.3. The van der Waals surface area contributed by atoms with Crippen LogP contribution in [0.25, 0.3) is 0 Å². The van der Waals surface area contributed by atoms with Crippen molar-refractivity contribution in [2.45, 2.75) is 25.4 Å². The number of nitrogens with one attached hydrogen (secondary N) is 2. The van der Waals surface area contributed by atoms with E-state index < -0.39 is 42.4 Å². The van der Waals surface area contributed by atoms with Crippen LogP contribution in [0.2, 0.25) is 0 Å². The van der Waals surface area contributed by atoms with E-state index in [0.717, 1.165) is 0 Å². The molecule has 0 saturated carbocycles. The Morgan fingerprint density at radius 1 is 1.18 bits per heavy atom. The van der Waals surface area contributed by atoms with Gasteiger partial charge in [-0.2, -0.15) is 0 Å². The van der Waals surface area contributed by atoms with Crippen molar-refractivity contribution in [2.24, 2.45) is 5.73 Å². The summed E-state index contributed by atoms with van der Waals surface area (Å²) < 4.78 is 0. The average molecular weight is 247 g/mol. The van der Waals surface area contributed by atoms with Gasteiger partial charge in [0.2, 0.25) is 5.91 Å². The number of urea groups is 1. The van der Waals surface area contributed by atoms with E-state index in [4.69, 9.17) is 15.9 Å². The highest BCUT2D eigenvalue weighted by Crippen LogP contribution is 1.94. The van der Waals surface area contributed by atoms with Crippen molar-refractivity contribution in [1.82, 2.24) is 10.6 Å². The van der Waals surface area contributed by atoms with E-state index in [9.17, 15) is 19.2 Å². The monoisotopic (exact) mass is 247 g/mol. The van der Waals surface area contributed by atoms with Crippen LogP contribution in [0.1, 0.15) is 13.3 Å². The Balaban J connectivity index is 4.44. The molecule has 0 aliphatic rings. The van der Waals surface area contributed by atoms with Crippen LogP contribution in [-0.4, -0.2) is 46.2 Å². The lowest BCUT2D eigenvalue weighted by Crippen LogP contribution is -2.51. The molecule has 17 heavy (non-hydrogen) atoms. The molecule has 0 aromatic carbocycles. The van der Waals surface area contributed by atoms with Crippen molar-refractivity contribution in [3.05, 3.63) is 0 Å². The standard InChI is InChI=1S/C8H13N3O6/c1-3(10-8(9)17)6(14)11-4(7(15)16)2-5(12)13/h3-4H,2H2,1H3,(H,11,14)(H,12,13)(H,15,16)(H3,9,10,17)/t3?,4-/m0/s1. The van der Waals surface area contributed by atoms with Gasteiger partial charge in [-0.15, -0.1) is 0 Å². The molecule has 6 N–H and O–H groups in total. The smallest absolute Gasteiger partial charge is 0.326 e. The average Bonchev–Trinajstić information content (AvgIpc) is 2.14. The predicted octanol–water partition coefficient (Wildman–Crippen LogP) is -1.91. The van der Waals surface area contributed by atoms with Crippen molar-refractivity contribution in [3.63, 3.8) is 0 Å². The largest absolute Gasteiger partial charge is 0.481 e. The Kier molecular flexibility index (Phi) is 5.44. The Hall–Kier alpha value is -2.32. The zero-order valence-electron chi connectivity index (χ0n) is 8.97. The van der Waals surface area contributed by atoms with E-state index in [1.54, 1.807) is 0 Å². The Bertz CT molecular complexity index is 342. The third-order valence-electron chi connectivity index (χ3n) is 1.75. The van der Waals surface area contributed by atoms with Crippen LogP contribution in [0.4, 0.5) is 4.79 Å². The topological polar surface area (TPSA) is 159 Å². The number of carbonyl (C=O) groups is 4. The zero-order chi connectivity index (χ0) is 13.6. The number of hydrogen-bond donors (Lipinski definition) is 5. The number of carboxylic acids is 2. The minimum absolute atomic E-state index is 0.760. The maximum Gasteiger partial charge on any atom is 0.326 e. The summed E-state index contributed by atoms with van der Waals surface area (Å²) in [7, 11) is 0. The number of hydrogen-bond acceptors (Lipinski definition) is 4. The number of aliphatic carboxylic acids is 2. The fourth-order valence-corrected chi connectivity index (χ4v) is 0.950. The first kappa shape index (κ1) is 14.7. The van der Waals surface area contributed by atoms with E-state index in [0.29, 0.717) is 0 Å². The second-order valence-electron chi connectivity index (χ2n) is 3.23. The number of rotatable bonds is 6. The van der Waals surface area contributed by atoms with Crippen LogP contribution in [0, 0.1) is 0 Å². The normalized spacial score (nSPS) is 13.2. The van der Waals surface area contributed by atoms with Crippen molar-refractivity contribution in [1.29, 1.82) is 0 Å². The van der Waals surface area contributed by atoms with Crippen molar-refractivity contribution in [3.8, 4) is 0 Å². The Labute approximate surface area is 96.0 Å². The van der Waals surface area contributed by atoms with Gasteiger partial charge in [0, 0.05) is 0 Å². The van der Waals surface area contributed by atoms with E-state index in [-0.39, 0.29) is 0 Å². The fraction of sp³-hybridized carbons (Fsp3) is 0.500. The maximum absolute atomic E-state index is 11.3. The summed E-state index contributed by atoms with van der Waals surface area (Å²) in [5.74, 6) is -3.68. The first-order chi connectivity index (χ1) is 7.73. The van der Waals surface area contributed by atoms with Gasteiger partial charge in [0.25, 0.3) is 0 Å². The number of nitrogens with two attached hydrogens (primary N) is 1. The third kappa shape index (κ3) is 5.97. The first-order valence-electron chi connectivity index (χ1n) is 4.55. The van der Waals surface area contributed by atoms with Gasteiger partial charge in [-0.1, -0.05) is 0 Å². The molecule has 0 aromatic rings. The van der Waals surface area contributed by atoms with Gasteiger partial charge in [0.1, 0.15) is 12.1 Å². The highest BCUT2D eigenvalue weighted by molar-refractivity contribution is 5.90. The van der Waals surface area contributed by atoms with Gasteiger partial charge in [0.15, 0.2) is 0 Å². The second-order valence-corrected chi connectivity index (χ2v) is 3.23. The molecule has 0 fully saturated rings. The summed E-state index contributed by atoms with van der Waals surface area (Å²) in [5.41, 5.74) is 4.76. The van der Waals surface area contributed by atoms with Crippen LogP contribution in [-0.2, 0) is 14.4 Å². The molecule has 0 aliphatic heterocycles. The minimum atomic E-state index is -1.56. The van der Waals surface area contributed by atoms with Gasteiger partial charge >= 0.3 is 18.0 Å². The molecule has 9 heteroatoms. The van der Waals surface area contributed by atoms with Crippen LogP contribution < -0.4 is 16.4 Å². The number of primary amides is 1. The van der Waals surface area contributed by atoms with Crippen LogP contribution in [0.5, 0.6) is 0 Å². The SMILES string of the molecule is CC(NC(N)=O)C(=O)N[C@@H](CC(=O)O)C(=O)O. The fourth-order valence-electron chi connectivity index (χ4n) is 0.950. The van der Waals surface area contributed by atoms with Crippen LogP contribution >= 0.6 is 0 Å². The van der Waals surface area contributed by atoms with E-state index >= 15 is 0 Å². The molecular weight excluding hydrogens is 234 g/mol.